The van der Waals surface area contributed by atoms with Gasteiger partial charge in [0.1, 0.15) is 0 Å². The van der Waals surface area contributed by atoms with Gasteiger partial charge < -0.3 is 0 Å². The lowest BCUT2D eigenvalue weighted by atomic mass is 10.3. The number of nitrogens with zero attached hydrogens (tertiary/aromatic N) is 1. The maximum absolute atomic E-state index is 13.2. The Labute approximate surface area is 110 Å². The normalized spacial score (nSPS) is 12.4. The van der Waals surface area contributed by atoms with E-state index in [1.54, 1.807) is 0 Å². The smallest absolute Gasteiger partial charge is 0.258 e. The number of rotatable bonds is 5. The third kappa shape index (κ3) is 4.13. The minimum Gasteiger partial charge on any atom is -0.258 e. The van der Waals surface area contributed by atoms with Gasteiger partial charge in [-0.25, -0.2) is 13.1 Å². The lowest BCUT2D eigenvalue weighted by molar-refractivity contribution is -0.390. The van der Waals surface area contributed by atoms with Gasteiger partial charge in [-0.2, -0.15) is 17.6 Å². The molecule has 0 saturated heterocycles. The van der Waals surface area contributed by atoms with E-state index in [4.69, 9.17) is 0 Å². The van der Waals surface area contributed by atoms with Crippen LogP contribution in [0, 0.1) is 15.9 Å². The Bertz CT molecular complexity index is 615. The second kappa shape index (κ2) is 5.71. The van der Waals surface area contributed by atoms with E-state index < -0.39 is 50.5 Å². The van der Waals surface area contributed by atoms with Gasteiger partial charge in [-0.05, 0) is 12.1 Å². The van der Waals surface area contributed by atoms with Gasteiger partial charge in [-0.3, -0.25) is 10.1 Å². The van der Waals surface area contributed by atoms with Gasteiger partial charge in [-0.15, -0.1) is 0 Å². The molecule has 1 aromatic carbocycles. The van der Waals surface area contributed by atoms with Crippen LogP contribution in [-0.4, -0.2) is 26.1 Å². The minimum atomic E-state index is -4.61. The maximum atomic E-state index is 13.2. The minimum absolute atomic E-state index is 0.673. The molecule has 20 heavy (non-hydrogen) atoms. The van der Waals surface area contributed by atoms with E-state index in [1.807, 2.05) is 0 Å². The molecule has 0 spiro atoms. The molecule has 112 valence electrons. The largest absolute Gasteiger partial charge is 0.390 e. The fourth-order valence-corrected chi connectivity index (χ4v) is 2.51. The molecule has 0 aliphatic carbocycles. The zero-order valence-corrected chi connectivity index (χ0v) is 10.5. The molecule has 0 heterocycles. The number of benzene rings is 1. The molecule has 0 amide bonds. The van der Waals surface area contributed by atoms with Crippen LogP contribution in [0.15, 0.2) is 23.1 Å². The molecular formula is C9H8F4N2O4S. The molecular weight excluding hydrogens is 308 g/mol. The highest BCUT2D eigenvalue weighted by Crippen LogP contribution is 2.26. The van der Waals surface area contributed by atoms with Crippen LogP contribution in [0.1, 0.15) is 6.42 Å². The van der Waals surface area contributed by atoms with Crippen LogP contribution in [0.5, 0.6) is 0 Å². The van der Waals surface area contributed by atoms with E-state index in [9.17, 15) is 36.1 Å². The van der Waals surface area contributed by atoms with Crippen LogP contribution in [0.4, 0.5) is 23.2 Å². The summed E-state index contributed by atoms with van der Waals surface area (Å²) in [5, 5.41) is 10.6. The van der Waals surface area contributed by atoms with Gasteiger partial charge in [0.15, 0.2) is 4.90 Å². The number of hydrogen-bond acceptors (Lipinski definition) is 4. The Hall–Kier alpha value is -1.75. The van der Waals surface area contributed by atoms with Gasteiger partial charge >= 0.3 is 11.9 Å². The monoisotopic (exact) mass is 316 g/mol. The van der Waals surface area contributed by atoms with Crippen LogP contribution in [0.25, 0.3) is 0 Å². The molecule has 1 rings (SSSR count). The van der Waals surface area contributed by atoms with E-state index >= 15 is 0 Å². The van der Waals surface area contributed by atoms with Crippen molar-refractivity contribution in [1.29, 1.82) is 0 Å². The molecule has 0 bridgehead atoms. The Balaban J connectivity index is 3.05. The van der Waals surface area contributed by atoms with Gasteiger partial charge in [0.05, 0.1) is 11.3 Å². The lowest BCUT2D eigenvalue weighted by Gasteiger charge is -2.09. The average molecular weight is 316 g/mol. The number of sulfonamides is 1. The van der Waals surface area contributed by atoms with Crippen molar-refractivity contribution < 1.29 is 30.9 Å². The first-order valence-electron chi connectivity index (χ1n) is 5.04. The standard InChI is InChI=1S/C9H8F4N2O4S/c10-6-2-1-3-7(8(6)15(16)17)20(18,19)14-5-4-9(11,12)13/h1-3,14H,4-5H2. The van der Waals surface area contributed by atoms with E-state index in [0.29, 0.717) is 6.07 Å². The average Bonchev–Trinajstić information content (AvgIpc) is 2.25. The lowest BCUT2D eigenvalue weighted by Crippen LogP contribution is -2.28. The van der Waals surface area contributed by atoms with Crippen molar-refractivity contribution in [2.75, 3.05) is 6.54 Å². The molecule has 0 atom stereocenters. The summed E-state index contributed by atoms with van der Waals surface area (Å²) in [7, 11) is -4.61. The molecule has 0 aliphatic rings. The third-order valence-corrected chi connectivity index (χ3v) is 3.62. The molecule has 0 unspecified atom stereocenters. The molecule has 1 N–H and O–H groups in total. The van der Waals surface area contributed by atoms with Gasteiger partial charge in [0, 0.05) is 6.54 Å². The van der Waals surface area contributed by atoms with Crippen LogP contribution < -0.4 is 4.72 Å². The number of hydrogen-bond donors (Lipinski definition) is 1. The zero-order chi connectivity index (χ0) is 15.6. The first kappa shape index (κ1) is 16.3. The number of alkyl halides is 3. The van der Waals surface area contributed by atoms with Crippen LogP contribution in [0.3, 0.4) is 0 Å². The Morgan fingerprint density at radius 1 is 1.30 bits per heavy atom. The molecule has 1 aromatic rings. The summed E-state index contributed by atoms with van der Waals surface area (Å²) < 4.78 is 73.8. The second-order valence-electron chi connectivity index (χ2n) is 3.61. The second-order valence-corrected chi connectivity index (χ2v) is 5.34. The topological polar surface area (TPSA) is 89.3 Å². The third-order valence-electron chi connectivity index (χ3n) is 2.12. The van der Waals surface area contributed by atoms with Crippen molar-refractivity contribution in [1.82, 2.24) is 4.72 Å². The molecule has 6 nitrogen and oxygen atoms in total. The molecule has 0 fully saturated rings. The summed E-state index contributed by atoms with van der Waals surface area (Å²) >= 11 is 0. The van der Waals surface area contributed by atoms with E-state index in [2.05, 4.69) is 0 Å². The summed E-state index contributed by atoms with van der Waals surface area (Å²) in [5.41, 5.74) is -1.31. The number of para-hydroxylation sites is 1. The van der Waals surface area contributed by atoms with Crippen molar-refractivity contribution in [3.63, 3.8) is 0 Å². The predicted octanol–water partition coefficient (Wildman–Crippen LogP) is 1.96. The summed E-state index contributed by atoms with van der Waals surface area (Å²) in [5.74, 6) is -1.39. The van der Waals surface area contributed by atoms with Crippen molar-refractivity contribution in [3.05, 3.63) is 34.1 Å². The van der Waals surface area contributed by atoms with E-state index in [0.717, 1.165) is 12.1 Å². The highest BCUT2D eigenvalue weighted by Gasteiger charge is 2.31. The van der Waals surface area contributed by atoms with Gasteiger partial charge in [-0.1, -0.05) is 6.07 Å². The van der Waals surface area contributed by atoms with Gasteiger partial charge in [0.25, 0.3) is 0 Å². The molecule has 0 radical (unpaired) electrons. The summed E-state index contributed by atoms with van der Waals surface area (Å²) in [4.78, 5) is 8.34. The molecule has 0 saturated carbocycles. The first-order valence-corrected chi connectivity index (χ1v) is 6.52. The van der Waals surface area contributed by atoms with Crippen molar-refractivity contribution in [3.8, 4) is 0 Å². The summed E-state index contributed by atoms with van der Waals surface area (Å²) in [6.07, 6.45) is -6.04. The predicted molar refractivity (Wildman–Crippen MR) is 58.9 cm³/mol. The highest BCUT2D eigenvalue weighted by atomic mass is 32.2. The maximum Gasteiger partial charge on any atom is 0.390 e. The summed E-state index contributed by atoms with van der Waals surface area (Å²) in [6, 6.07) is 2.31. The fraction of sp³-hybridized carbons (Fsp3) is 0.333. The number of nitrogens with one attached hydrogen (secondary N) is 1. The van der Waals surface area contributed by atoms with Crippen molar-refractivity contribution in [2.24, 2.45) is 0 Å². The molecule has 0 aromatic heterocycles. The molecule has 11 heteroatoms. The van der Waals surface area contributed by atoms with E-state index in [1.165, 1.54) is 4.72 Å². The number of nitro benzene ring substituents is 1. The fourth-order valence-electron chi connectivity index (χ4n) is 1.29. The van der Waals surface area contributed by atoms with Crippen LogP contribution in [0.2, 0.25) is 0 Å². The first-order chi connectivity index (χ1) is 9.04. The Morgan fingerprint density at radius 2 is 1.90 bits per heavy atom. The Morgan fingerprint density at radius 3 is 2.40 bits per heavy atom. The Kier molecular flexibility index (Phi) is 4.65. The number of halogens is 4. The van der Waals surface area contributed by atoms with Gasteiger partial charge in [0.2, 0.25) is 15.8 Å². The number of nitro groups is 1. The highest BCUT2D eigenvalue weighted by molar-refractivity contribution is 7.89. The SMILES string of the molecule is O=[N+]([O-])c1c(F)cccc1S(=O)(=O)NCCC(F)(F)F. The zero-order valence-electron chi connectivity index (χ0n) is 9.65. The van der Waals surface area contributed by atoms with E-state index in [-0.39, 0.29) is 0 Å². The molecule has 0 aliphatic heterocycles. The quantitative estimate of drug-likeness (QED) is 0.511. The van der Waals surface area contributed by atoms with Crippen LogP contribution in [-0.2, 0) is 10.0 Å². The van der Waals surface area contributed by atoms with Crippen LogP contribution >= 0.6 is 0 Å². The summed E-state index contributed by atoms with van der Waals surface area (Å²) in [6.45, 7) is -1.00. The van der Waals surface area contributed by atoms with Crippen molar-refractivity contribution in [2.45, 2.75) is 17.5 Å². The van der Waals surface area contributed by atoms with Crippen molar-refractivity contribution >= 4 is 15.7 Å².